The van der Waals surface area contributed by atoms with Gasteiger partial charge in [0.2, 0.25) is 17.6 Å². The van der Waals surface area contributed by atoms with E-state index in [9.17, 15) is 4.79 Å². The number of hydrogen-bond donors (Lipinski definition) is 1. The van der Waals surface area contributed by atoms with E-state index in [0.717, 1.165) is 0 Å². The van der Waals surface area contributed by atoms with Gasteiger partial charge in [-0.25, -0.2) is 0 Å². The number of halogens is 1. The van der Waals surface area contributed by atoms with Gasteiger partial charge < -0.3 is 14.6 Å². The SMILES string of the molecule is O=C(CCc1nc(-c2ccccn2)no1)NCCOc1cccc(Cl)c1. The van der Waals surface area contributed by atoms with Crippen LogP contribution in [0.15, 0.2) is 53.2 Å². The molecule has 0 saturated carbocycles. The van der Waals surface area contributed by atoms with Gasteiger partial charge in [-0.2, -0.15) is 4.98 Å². The van der Waals surface area contributed by atoms with E-state index in [4.69, 9.17) is 20.9 Å². The smallest absolute Gasteiger partial charge is 0.227 e. The van der Waals surface area contributed by atoms with E-state index in [-0.39, 0.29) is 12.3 Å². The maximum atomic E-state index is 11.9. The first kappa shape index (κ1) is 17.9. The molecular weight excluding hydrogens is 356 g/mol. The van der Waals surface area contributed by atoms with Crippen LogP contribution in [-0.2, 0) is 11.2 Å². The second kappa shape index (κ2) is 8.96. The number of carbonyl (C=O) groups excluding carboxylic acids is 1. The highest BCUT2D eigenvalue weighted by Gasteiger charge is 2.11. The standard InChI is InChI=1S/C18H17ClN4O3/c19-13-4-3-5-14(12-13)25-11-10-21-16(24)7-8-17-22-18(23-26-17)15-6-1-2-9-20-15/h1-6,9,12H,7-8,10-11H2,(H,21,24). The van der Waals surface area contributed by atoms with Gasteiger partial charge in [0, 0.05) is 24.1 Å². The lowest BCUT2D eigenvalue weighted by Crippen LogP contribution is -2.28. The predicted molar refractivity (Wildman–Crippen MR) is 95.8 cm³/mol. The number of rotatable bonds is 8. The van der Waals surface area contributed by atoms with Crippen molar-refractivity contribution >= 4 is 17.5 Å². The fourth-order valence-corrected chi connectivity index (χ4v) is 2.36. The molecule has 1 aromatic carbocycles. The maximum absolute atomic E-state index is 11.9. The van der Waals surface area contributed by atoms with Crippen molar-refractivity contribution in [2.75, 3.05) is 13.2 Å². The Morgan fingerprint density at radius 2 is 2.15 bits per heavy atom. The third-order valence-corrected chi connectivity index (χ3v) is 3.65. The molecule has 1 amide bonds. The third-order valence-electron chi connectivity index (χ3n) is 3.42. The van der Waals surface area contributed by atoms with Gasteiger partial charge in [0.05, 0.1) is 6.54 Å². The minimum atomic E-state index is -0.114. The average molecular weight is 373 g/mol. The van der Waals surface area contributed by atoms with Gasteiger partial charge in [0.15, 0.2) is 0 Å². The lowest BCUT2D eigenvalue weighted by atomic mass is 10.3. The zero-order chi connectivity index (χ0) is 18.2. The van der Waals surface area contributed by atoms with Gasteiger partial charge >= 0.3 is 0 Å². The Morgan fingerprint density at radius 1 is 1.23 bits per heavy atom. The molecule has 0 radical (unpaired) electrons. The summed E-state index contributed by atoms with van der Waals surface area (Å²) in [5.41, 5.74) is 0.630. The van der Waals surface area contributed by atoms with Crippen molar-refractivity contribution < 1.29 is 14.1 Å². The number of hydrogen-bond acceptors (Lipinski definition) is 6. The topological polar surface area (TPSA) is 90.1 Å². The van der Waals surface area contributed by atoms with Crippen LogP contribution in [0.1, 0.15) is 12.3 Å². The predicted octanol–water partition coefficient (Wildman–Crippen LogP) is 2.91. The third kappa shape index (κ3) is 5.29. The Bertz CT molecular complexity index is 854. The van der Waals surface area contributed by atoms with E-state index >= 15 is 0 Å². The number of benzene rings is 1. The molecule has 7 nitrogen and oxygen atoms in total. The second-order valence-electron chi connectivity index (χ2n) is 5.38. The zero-order valence-electron chi connectivity index (χ0n) is 13.9. The van der Waals surface area contributed by atoms with Crippen molar-refractivity contribution in [2.24, 2.45) is 0 Å². The van der Waals surface area contributed by atoms with E-state index in [1.807, 2.05) is 18.2 Å². The quantitative estimate of drug-likeness (QED) is 0.611. The molecule has 26 heavy (non-hydrogen) atoms. The van der Waals surface area contributed by atoms with E-state index < -0.39 is 0 Å². The Labute approximate surface area is 155 Å². The van der Waals surface area contributed by atoms with Gasteiger partial charge in [0.1, 0.15) is 18.1 Å². The molecular formula is C18H17ClN4O3. The summed E-state index contributed by atoms with van der Waals surface area (Å²) < 4.78 is 10.7. The first-order valence-corrected chi connectivity index (χ1v) is 8.47. The van der Waals surface area contributed by atoms with Gasteiger partial charge in [-0.3, -0.25) is 9.78 Å². The largest absolute Gasteiger partial charge is 0.492 e. The molecule has 3 rings (SSSR count). The molecule has 0 spiro atoms. The Hall–Kier alpha value is -2.93. The van der Waals surface area contributed by atoms with E-state index in [1.54, 1.807) is 30.5 Å². The van der Waals surface area contributed by atoms with Crippen LogP contribution in [0, 0.1) is 0 Å². The summed E-state index contributed by atoms with van der Waals surface area (Å²) in [6.07, 6.45) is 2.27. The second-order valence-corrected chi connectivity index (χ2v) is 5.82. The normalized spacial score (nSPS) is 10.5. The molecule has 134 valence electrons. The zero-order valence-corrected chi connectivity index (χ0v) is 14.6. The first-order chi connectivity index (χ1) is 12.7. The molecule has 0 bridgehead atoms. The van der Waals surface area contributed by atoms with Crippen LogP contribution in [0.4, 0.5) is 0 Å². The van der Waals surface area contributed by atoms with Crippen molar-refractivity contribution in [1.29, 1.82) is 0 Å². The van der Waals surface area contributed by atoms with Crippen LogP contribution >= 0.6 is 11.6 Å². The summed E-state index contributed by atoms with van der Waals surface area (Å²) >= 11 is 5.87. The highest BCUT2D eigenvalue weighted by molar-refractivity contribution is 6.30. The van der Waals surface area contributed by atoms with Crippen molar-refractivity contribution in [3.05, 3.63) is 59.6 Å². The molecule has 0 aliphatic carbocycles. The highest BCUT2D eigenvalue weighted by Crippen LogP contribution is 2.16. The van der Waals surface area contributed by atoms with Crippen LogP contribution in [0.25, 0.3) is 11.5 Å². The van der Waals surface area contributed by atoms with Crippen molar-refractivity contribution in [1.82, 2.24) is 20.4 Å². The van der Waals surface area contributed by atoms with E-state index in [2.05, 4.69) is 20.4 Å². The first-order valence-electron chi connectivity index (χ1n) is 8.10. The summed E-state index contributed by atoms with van der Waals surface area (Å²) in [6.45, 7) is 0.755. The monoisotopic (exact) mass is 372 g/mol. The molecule has 2 heterocycles. The van der Waals surface area contributed by atoms with Crippen LogP contribution in [0.2, 0.25) is 5.02 Å². The highest BCUT2D eigenvalue weighted by atomic mass is 35.5. The lowest BCUT2D eigenvalue weighted by molar-refractivity contribution is -0.121. The van der Waals surface area contributed by atoms with Crippen LogP contribution < -0.4 is 10.1 Å². The summed E-state index contributed by atoms with van der Waals surface area (Å²) in [4.78, 5) is 20.3. The van der Waals surface area contributed by atoms with Crippen LogP contribution in [0.5, 0.6) is 5.75 Å². The molecule has 2 aromatic heterocycles. The van der Waals surface area contributed by atoms with Crippen molar-refractivity contribution in [2.45, 2.75) is 12.8 Å². The number of pyridine rings is 1. The molecule has 3 aromatic rings. The number of nitrogens with one attached hydrogen (secondary N) is 1. The van der Waals surface area contributed by atoms with Crippen molar-refractivity contribution in [3.63, 3.8) is 0 Å². The Morgan fingerprint density at radius 3 is 2.96 bits per heavy atom. The van der Waals surface area contributed by atoms with Gasteiger partial charge in [0.25, 0.3) is 0 Å². The minimum absolute atomic E-state index is 0.114. The molecule has 0 aliphatic rings. The summed E-state index contributed by atoms with van der Waals surface area (Å²) in [5.74, 6) is 1.36. The molecule has 0 aliphatic heterocycles. The molecule has 0 saturated heterocycles. The number of nitrogens with zero attached hydrogens (tertiary/aromatic N) is 3. The van der Waals surface area contributed by atoms with Crippen LogP contribution in [0.3, 0.4) is 0 Å². The number of aryl methyl sites for hydroxylation is 1. The maximum Gasteiger partial charge on any atom is 0.227 e. The molecule has 8 heteroatoms. The Balaban J connectivity index is 1.37. The van der Waals surface area contributed by atoms with E-state index in [0.29, 0.717) is 47.8 Å². The van der Waals surface area contributed by atoms with Gasteiger partial charge in [-0.15, -0.1) is 0 Å². The van der Waals surface area contributed by atoms with E-state index in [1.165, 1.54) is 0 Å². The fourth-order valence-electron chi connectivity index (χ4n) is 2.18. The molecule has 0 unspecified atom stereocenters. The molecule has 1 N–H and O–H groups in total. The summed E-state index contributed by atoms with van der Waals surface area (Å²) in [6, 6.07) is 12.6. The Kier molecular flexibility index (Phi) is 6.16. The lowest BCUT2D eigenvalue weighted by Gasteiger charge is -2.07. The fraction of sp³-hybridized carbons (Fsp3) is 0.222. The number of carbonyl (C=O) groups is 1. The van der Waals surface area contributed by atoms with Gasteiger partial charge in [-0.05, 0) is 30.3 Å². The number of amides is 1. The minimum Gasteiger partial charge on any atom is -0.492 e. The van der Waals surface area contributed by atoms with Crippen LogP contribution in [-0.4, -0.2) is 34.2 Å². The summed E-state index contributed by atoms with van der Waals surface area (Å²) in [7, 11) is 0. The number of aromatic nitrogens is 3. The molecule has 0 fully saturated rings. The van der Waals surface area contributed by atoms with Gasteiger partial charge in [-0.1, -0.05) is 28.9 Å². The number of ether oxygens (including phenoxy) is 1. The molecule has 0 atom stereocenters. The van der Waals surface area contributed by atoms with Crippen molar-refractivity contribution in [3.8, 4) is 17.3 Å². The average Bonchev–Trinajstić information content (AvgIpc) is 3.13. The summed E-state index contributed by atoms with van der Waals surface area (Å²) in [5, 5.41) is 7.25.